The largest absolute Gasteiger partial charge is 0.508 e. The highest BCUT2D eigenvalue weighted by Crippen LogP contribution is 2.54. The van der Waals surface area contributed by atoms with E-state index in [-0.39, 0.29) is 42.3 Å². The number of aliphatic hydroxyl groups is 4. The van der Waals surface area contributed by atoms with Crippen molar-refractivity contribution in [3.05, 3.63) is 39.7 Å². The number of amides is 1. The van der Waals surface area contributed by atoms with E-state index in [1.54, 1.807) is 14.1 Å². The first-order valence-electron chi connectivity index (χ1n) is 13.5. The van der Waals surface area contributed by atoms with E-state index >= 15 is 0 Å². The Morgan fingerprint density at radius 3 is 2.35 bits per heavy atom. The SMILES string of the molecule is CC(CCO)CCc1cc(N(C)C)c2c(c1O)C(O)=C1C(=O)[C@]3(O)C(O)=C(C(N)=O)C(=O)C(N(C)C)[C@@H]3C[C@@H]1C2. The number of ketones is 2. The van der Waals surface area contributed by atoms with Crippen LogP contribution in [-0.2, 0) is 27.2 Å². The molecule has 218 valence electrons. The van der Waals surface area contributed by atoms with Crippen LogP contribution < -0.4 is 10.6 Å². The number of hydrogen-bond donors (Lipinski definition) is 6. The van der Waals surface area contributed by atoms with Crippen molar-refractivity contribution < 1.29 is 39.9 Å². The summed E-state index contributed by atoms with van der Waals surface area (Å²) in [5, 5.41) is 54.9. The third kappa shape index (κ3) is 4.36. The van der Waals surface area contributed by atoms with Crippen LogP contribution in [0.3, 0.4) is 0 Å². The van der Waals surface area contributed by atoms with Crippen molar-refractivity contribution >= 4 is 28.9 Å². The highest BCUT2D eigenvalue weighted by atomic mass is 16.3. The zero-order chi connectivity index (χ0) is 29.8. The van der Waals surface area contributed by atoms with Crippen LogP contribution in [0.4, 0.5) is 5.69 Å². The number of nitrogens with two attached hydrogens (primary N) is 1. The number of rotatable bonds is 8. The lowest BCUT2D eigenvalue weighted by molar-refractivity contribution is -0.153. The summed E-state index contributed by atoms with van der Waals surface area (Å²) in [6.07, 6.45) is 2.02. The topological polar surface area (TPSA) is 185 Å². The van der Waals surface area contributed by atoms with E-state index in [4.69, 9.17) is 5.73 Å². The Bertz CT molecular complexity index is 1330. The number of aryl methyl sites for hydroxylation is 1. The summed E-state index contributed by atoms with van der Waals surface area (Å²) in [4.78, 5) is 42.7. The minimum atomic E-state index is -2.66. The second kappa shape index (κ2) is 10.5. The maximum absolute atomic E-state index is 14.0. The van der Waals surface area contributed by atoms with Crippen LogP contribution in [-0.4, -0.2) is 94.3 Å². The summed E-state index contributed by atoms with van der Waals surface area (Å²) in [5.41, 5.74) is 3.74. The van der Waals surface area contributed by atoms with Crippen LogP contribution in [0.2, 0.25) is 0 Å². The number of nitrogens with zero attached hydrogens (tertiary/aromatic N) is 2. The van der Waals surface area contributed by atoms with Crippen LogP contribution in [0.1, 0.15) is 42.9 Å². The Morgan fingerprint density at radius 1 is 1.15 bits per heavy atom. The molecule has 5 atom stereocenters. The van der Waals surface area contributed by atoms with E-state index in [0.29, 0.717) is 30.4 Å². The van der Waals surface area contributed by atoms with Crippen molar-refractivity contribution in [2.24, 2.45) is 23.5 Å². The lowest BCUT2D eigenvalue weighted by atomic mass is 9.57. The third-order valence-electron chi connectivity index (χ3n) is 8.79. The average Bonchev–Trinajstić information content (AvgIpc) is 2.85. The molecule has 1 aromatic rings. The predicted octanol–water partition coefficient (Wildman–Crippen LogP) is 0.981. The molecule has 1 saturated carbocycles. The molecule has 0 saturated heterocycles. The number of anilines is 1. The van der Waals surface area contributed by atoms with E-state index in [1.165, 1.54) is 4.90 Å². The summed E-state index contributed by atoms with van der Waals surface area (Å²) >= 11 is 0. The second-order valence-corrected chi connectivity index (χ2v) is 11.8. The van der Waals surface area contributed by atoms with Crippen LogP contribution in [0.25, 0.3) is 5.76 Å². The van der Waals surface area contributed by atoms with Crippen molar-refractivity contribution in [3.63, 3.8) is 0 Å². The molecular formula is C29H39N3O8. The fourth-order valence-electron chi connectivity index (χ4n) is 6.70. The van der Waals surface area contributed by atoms with Gasteiger partial charge in [0, 0.05) is 37.9 Å². The molecule has 0 bridgehead atoms. The molecule has 0 aromatic heterocycles. The summed E-state index contributed by atoms with van der Waals surface area (Å²) in [6, 6.07) is 0.738. The molecule has 1 amide bonds. The maximum Gasteiger partial charge on any atom is 0.255 e. The van der Waals surface area contributed by atoms with Gasteiger partial charge in [-0.2, -0.15) is 0 Å². The third-order valence-corrected chi connectivity index (χ3v) is 8.79. The molecular weight excluding hydrogens is 518 g/mol. The van der Waals surface area contributed by atoms with Crippen molar-refractivity contribution in [3.8, 4) is 5.75 Å². The number of phenolic OH excluding ortho intramolecular Hbond substituents is 1. The lowest BCUT2D eigenvalue weighted by Gasteiger charge is -2.50. The smallest absolute Gasteiger partial charge is 0.255 e. The fourth-order valence-corrected chi connectivity index (χ4v) is 6.70. The molecule has 0 spiro atoms. The highest BCUT2D eigenvalue weighted by molar-refractivity contribution is 6.24. The summed E-state index contributed by atoms with van der Waals surface area (Å²) in [5.74, 6) is -6.40. The molecule has 0 aliphatic heterocycles. The molecule has 11 nitrogen and oxygen atoms in total. The van der Waals surface area contributed by atoms with Gasteiger partial charge in [-0.05, 0) is 75.2 Å². The van der Waals surface area contributed by atoms with Crippen LogP contribution in [0, 0.1) is 17.8 Å². The van der Waals surface area contributed by atoms with Crippen molar-refractivity contribution in [2.45, 2.75) is 50.7 Å². The van der Waals surface area contributed by atoms with E-state index in [0.717, 1.165) is 5.69 Å². The first-order chi connectivity index (χ1) is 18.7. The monoisotopic (exact) mass is 557 g/mol. The van der Waals surface area contributed by atoms with Gasteiger partial charge in [-0.1, -0.05) is 6.92 Å². The predicted molar refractivity (Wildman–Crippen MR) is 148 cm³/mol. The van der Waals surface area contributed by atoms with E-state index in [9.17, 15) is 39.9 Å². The first kappa shape index (κ1) is 29.6. The number of hydrogen-bond acceptors (Lipinski definition) is 10. The Labute approximate surface area is 233 Å². The molecule has 1 fully saturated rings. The van der Waals surface area contributed by atoms with Gasteiger partial charge in [0.2, 0.25) is 5.78 Å². The summed E-state index contributed by atoms with van der Waals surface area (Å²) in [6.45, 7) is 2.05. The van der Waals surface area contributed by atoms with Gasteiger partial charge in [0.15, 0.2) is 11.4 Å². The lowest BCUT2D eigenvalue weighted by Crippen LogP contribution is -2.65. The zero-order valence-electron chi connectivity index (χ0n) is 23.6. The van der Waals surface area contributed by atoms with Crippen LogP contribution >= 0.6 is 0 Å². The Hall–Kier alpha value is -3.41. The number of carbonyl (C=O) groups excluding carboxylic acids is 3. The van der Waals surface area contributed by atoms with Gasteiger partial charge in [0.25, 0.3) is 5.91 Å². The fraction of sp³-hybridized carbons (Fsp3) is 0.552. The van der Waals surface area contributed by atoms with Gasteiger partial charge >= 0.3 is 0 Å². The van der Waals surface area contributed by atoms with Crippen molar-refractivity contribution in [1.29, 1.82) is 0 Å². The molecule has 3 aliphatic rings. The van der Waals surface area contributed by atoms with E-state index in [2.05, 4.69) is 0 Å². The number of Topliss-reactive ketones (excluding diaryl/α,β-unsaturated/α-hetero) is 2. The number of phenols is 1. The molecule has 0 heterocycles. The van der Waals surface area contributed by atoms with Gasteiger partial charge in [0.1, 0.15) is 22.8 Å². The van der Waals surface area contributed by atoms with Gasteiger partial charge in [-0.3, -0.25) is 19.3 Å². The van der Waals surface area contributed by atoms with E-state index in [1.807, 2.05) is 32.0 Å². The molecule has 4 rings (SSSR count). The van der Waals surface area contributed by atoms with Gasteiger partial charge < -0.3 is 36.2 Å². The Kier molecular flexibility index (Phi) is 7.78. The maximum atomic E-state index is 14.0. The van der Waals surface area contributed by atoms with E-state index < -0.39 is 58.0 Å². The normalized spacial score (nSPS) is 26.9. The zero-order valence-corrected chi connectivity index (χ0v) is 23.6. The summed E-state index contributed by atoms with van der Waals surface area (Å²) < 4.78 is 0. The molecule has 7 N–H and O–H groups in total. The number of carbonyl (C=O) groups is 3. The van der Waals surface area contributed by atoms with Crippen LogP contribution in [0.15, 0.2) is 23.0 Å². The number of fused-ring (bicyclic) bond motifs is 3. The number of aliphatic hydroxyl groups excluding tert-OH is 3. The van der Waals surface area contributed by atoms with Gasteiger partial charge in [-0.25, -0.2) is 0 Å². The number of benzene rings is 1. The number of primary amides is 1. The Morgan fingerprint density at radius 2 is 1.80 bits per heavy atom. The minimum absolute atomic E-state index is 0.0415. The van der Waals surface area contributed by atoms with Gasteiger partial charge in [0.05, 0.1) is 11.6 Å². The highest BCUT2D eigenvalue weighted by Gasteiger charge is 2.64. The molecule has 1 aromatic carbocycles. The quantitative estimate of drug-likeness (QED) is 0.252. The standard InChI is InChI=1S/C29H39N3O8/c1-13(8-9-33)6-7-14-12-18(31(2)3)16-10-15-11-17-22(32(4)5)25(36)21(28(30)39)27(38)29(17,40)26(37)19(15)24(35)20(16)23(14)34/h12-13,15,17,22,33-35,38,40H,6-11H2,1-5H3,(H2,30,39)/t13?,15-,17-,22?,29-/m0/s1. The van der Waals surface area contributed by atoms with Crippen LogP contribution in [0.5, 0.6) is 5.75 Å². The molecule has 40 heavy (non-hydrogen) atoms. The first-order valence-corrected chi connectivity index (χ1v) is 13.5. The minimum Gasteiger partial charge on any atom is -0.508 e. The number of aromatic hydroxyl groups is 1. The van der Waals surface area contributed by atoms with Gasteiger partial charge in [-0.15, -0.1) is 0 Å². The molecule has 2 unspecified atom stereocenters. The Balaban J connectivity index is 1.91. The average molecular weight is 558 g/mol. The van der Waals surface area contributed by atoms with Crippen molar-refractivity contribution in [2.75, 3.05) is 39.7 Å². The summed E-state index contributed by atoms with van der Waals surface area (Å²) in [7, 11) is 6.81. The second-order valence-electron chi connectivity index (χ2n) is 11.8. The molecule has 3 aliphatic carbocycles. The molecule has 11 heteroatoms. The van der Waals surface area contributed by atoms with Crippen molar-refractivity contribution in [1.82, 2.24) is 4.90 Å². The molecule has 0 radical (unpaired) electrons. The number of likely N-dealkylation sites (N-methyl/N-ethyl adjacent to an activating group) is 1.